The van der Waals surface area contributed by atoms with Crippen molar-refractivity contribution < 1.29 is 14.3 Å². The largest absolute Gasteiger partial charge is 0.437 e. The van der Waals surface area contributed by atoms with Crippen LogP contribution in [0.3, 0.4) is 0 Å². The molecule has 3 aromatic rings. The van der Waals surface area contributed by atoms with Gasteiger partial charge in [-0.25, -0.2) is 9.67 Å². The molecule has 190 valence electrons. The Morgan fingerprint density at radius 2 is 2.03 bits per heavy atom. The number of nitrogens with zero attached hydrogens (tertiary/aromatic N) is 6. The van der Waals surface area contributed by atoms with Crippen LogP contribution >= 0.6 is 27.5 Å². The van der Waals surface area contributed by atoms with Gasteiger partial charge in [0, 0.05) is 57.6 Å². The van der Waals surface area contributed by atoms with Crippen LogP contribution in [0.25, 0.3) is 11.0 Å². The van der Waals surface area contributed by atoms with E-state index in [1.807, 2.05) is 27.8 Å². The van der Waals surface area contributed by atoms with E-state index in [4.69, 9.17) is 21.1 Å². The molecular formula is C25H28BrClN6O3. The molecule has 3 fully saturated rings. The molecule has 1 aromatic carbocycles. The van der Waals surface area contributed by atoms with E-state index in [0.717, 1.165) is 53.5 Å². The van der Waals surface area contributed by atoms with Gasteiger partial charge in [0.2, 0.25) is 5.88 Å². The molecule has 1 aliphatic carbocycles. The molecule has 36 heavy (non-hydrogen) atoms. The van der Waals surface area contributed by atoms with Gasteiger partial charge in [-0.3, -0.25) is 9.69 Å². The molecule has 1 atom stereocenters. The molecular weight excluding hydrogens is 548 g/mol. The highest BCUT2D eigenvalue weighted by molar-refractivity contribution is 9.10. The van der Waals surface area contributed by atoms with Crippen molar-refractivity contribution in [3.63, 3.8) is 0 Å². The second-order valence-corrected chi connectivity index (χ2v) is 11.0. The maximum absolute atomic E-state index is 12.7. The highest BCUT2D eigenvalue weighted by atomic mass is 79.9. The summed E-state index contributed by atoms with van der Waals surface area (Å²) in [6, 6.07) is 5.82. The first kappa shape index (κ1) is 24.1. The van der Waals surface area contributed by atoms with Crippen LogP contribution in [0.4, 0.5) is 0 Å². The minimum Gasteiger partial charge on any atom is -0.437 e. The first-order chi connectivity index (χ1) is 17.5. The van der Waals surface area contributed by atoms with E-state index in [2.05, 4.69) is 36.1 Å². The fourth-order valence-electron chi connectivity index (χ4n) is 4.87. The number of halogens is 2. The van der Waals surface area contributed by atoms with E-state index in [9.17, 15) is 4.79 Å². The van der Waals surface area contributed by atoms with Crippen molar-refractivity contribution in [2.75, 3.05) is 32.8 Å². The number of carbonyl (C=O) groups excluding carboxylic acids is 1. The predicted molar refractivity (Wildman–Crippen MR) is 138 cm³/mol. The first-order valence-electron chi connectivity index (χ1n) is 12.5. The monoisotopic (exact) mass is 574 g/mol. The van der Waals surface area contributed by atoms with E-state index in [1.54, 1.807) is 6.20 Å². The standard InChI is InChI=1S/C25H28BrClN6O3/c26-22-20(6-5-19-23(22)29-30-33(19)14-16-3-4-16)36-24-17(12-18(27)13-28-24)15-31-7-9-32(10-8-31)25(34)21-2-1-11-35-21/h5-6,12-13,16,21H,1-4,7-11,14-15H2. The van der Waals surface area contributed by atoms with Crippen LogP contribution in [0, 0.1) is 5.92 Å². The Morgan fingerprint density at radius 1 is 1.19 bits per heavy atom. The number of benzene rings is 1. The lowest BCUT2D eigenvalue weighted by atomic mass is 10.2. The number of carbonyl (C=O) groups is 1. The zero-order chi connectivity index (χ0) is 24.6. The van der Waals surface area contributed by atoms with Gasteiger partial charge in [0.15, 0.2) is 0 Å². The average Bonchev–Trinajstić information content (AvgIpc) is 3.35. The van der Waals surface area contributed by atoms with E-state index in [-0.39, 0.29) is 12.0 Å². The fourth-order valence-corrected chi connectivity index (χ4v) is 5.54. The summed E-state index contributed by atoms with van der Waals surface area (Å²) in [6.45, 7) is 5.11. The van der Waals surface area contributed by atoms with Crippen LogP contribution in [-0.2, 0) is 22.6 Å². The zero-order valence-electron chi connectivity index (χ0n) is 19.9. The maximum Gasteiger partial charge on any atom is 0.251 e. The van der Waals surface area contributed by atoms with Crippen molar-refractivity contribution in [1.29, 1.82) is 0 Å². The van der Waals surface area contributed by atoms with Crippen LogP contribution in [0.2, 0.25) is 5.02 Å². The molecule has 4 heterocycles. The minimum absolute atomic E-state index is 0.120. The van der Waals surface area contributed by atoms with E-state index in [1.165, 1.54) is 12.8 Å². The van der Waals surface area contributed by atoms with Crippen molar-refractivity contribution in [2.24, 2.45) is 5.92 Å². The summed E-state index contributed by atoms with van der Waals surface area (Å²) in [6.07, 6.45) is 5.63. The molecule has 1 saturated carbocycles. The predicted octanol–water partition coefficient (Wildman–Crippen LogP) is 4.27. The normalized spacial score (nSPS) is 20.8. The molecule has 0 radical (unpaired) electrons. The number of piperazine rings is 1. The summed E-state index contributed by atoms with van der Waals surface area (Å²) < 4.78 is 14.6. The van der Waals surface area contributed by atoms with Gasteiger partial charge < -0.3 is 14.4 Å². The fraction of sp³-hybridized carbons (Fsp3) is 0.520. The van der Waals surface area contributed by atoms with Crippen molar-refractivity contribution in [1.82, 2.24) is 29.8 Å². The summed E-state index contributed by atoms with van der Waals surface area (Å²) in [5.74, 6) is 1.96. The lowest BCUT2D eigenvalue weighted by Crippen LogP contribution is -2.51. The average molecular weight is 576 g/mol. The van der Waals surface area contributed by atoms with E-state index >= 15 is 0 Å². The molecule has 0 bridgehead atoms. The minimum atomic E-state index is -0.264. The van der Waals surface area contributed by atoms with Gasteiger partial charge in [0.05, 0.1) is 15.0 Å². The van der Waals surface area contributed by atoms with Crippen molar-refractivity contribution in [2.45, 2.75) is 44.9 Å². The number of pyridine rings is 1. The van der Waals surface area contributed by atoms with Crippen LogP contribution in [0.5, 0.6) is 11.6 Å². The molecule has 0 spiro atoms. The van der Waals surface area contributed by atoms with Crippen LogP contribution in [-0.4, -0.2) is 74.6 Å². The third kappa shape index (κ3) is 5.09. The molecule has 1 amide bonds. The smallest absolute Gasteiger partial charge is 0.251 e. The van der Waals surface area contributed by atoms with Gasteiger partial charge in [-0.05, 0) is 65.7 Å². The second kappa shape index (κ2) is 10.2. The van der Waals surface area contributed by atoms with Gasteiger partial charge in [0.25, 0.3) is 5.91 Å². The summed E-state index contributed by atoms with van der Waals surface area (Å²) in [7, 11) is 0. The van der Waals surface area contributed by atoms with Gasteiger partial charge in [-0.2, -0.15) is 0 Å². The lowest BCUT2D eigenvalue weighted by molar-refractivity contribution is -0.142. The Balaban J connectivity index is 1.15. The quantitative estimate of drug-likeness (QED) is 0.416. The van der Waals surface area contributed by atoms with Gasteiger partial charge in [-0.15, -0.1) is 5.10 Å². The number of hydrogen-bond donors (Lipinski definition) is 0. The zero-order valence-corrected chi connectivity index (χ0v) is 22.2. The number of amides is 1. The summed E-state index contributed by atoms with van der Waals surface area (Å²) in [5, 5.41) is 9.27. The van der Waals surface area contributed by atoms with Crippen LogP contribution < -0.4 is 4.74 Å². The Kier molecular flexibility index (Phi) is 6.85. The van der Waals surface area contributed by atoms with Gasteiger partial charge >= 0.3 is 0 Å². The van der Waals surface area contributed by atoms with Crippen LogP contribution in [0.1, 0.15) is 31.2 Å². The molecule has 2 saturated heterocycles. The molecule has 2 aromatic heterocycles. The number of rotatable bonds is 7. The number of aromatic nitrogens is 4. The summed E-state index contributed by atoms with van der Waals surface area (Å²) in [5.41, 5.74) is 2.65. The number of ether oxygens (including phenoxy) is 2. The molecule has 3 aliphatic rings. The highest BCUT2D eigenvalue weighted by Crippen LogP contribution is 2.37. The number of fused-ring (bicyclic) bond motifs is 1. The molecule has 9 nitrogen and oxygen atoms in total. The summed E-state index contributed by atoms with van der Waals surface area (Å²) >= 11 is 9.97. The maximum atomic E-state index is 12.7. The Morgan fingerprint density at radius 3 is 2.78 bits per heavy atom. The molecule has 2 aliphatic heterocycles. The van der Waals surface area contributed by atoms with Gasteiger partial charge in [-0.1, -0.05) is 16.8 Å². The van der Waals surface area contributed by atoms with Crippen molar-refractivity contribution in [3.05, 3.63) is 39.5 Å². The third-order valence-corrected chi connectivity index (χ3v) is 8.07. The first-order valence-corrected chi connectivity index (χ1v) is 13.7. The molecule has 11 heteroatoms. The molecule has 6 rings (SSSR count). The van der Waals surface area contributed by atoms with Crippen molar-refractivity contribution >= 4 is 44.5 Å². The Hall–Kier alpha value is -2.27. The topological polar surface area (TPSA) is 85.6 Å². The van der Waals surface area contributed by atoms with Crippen LogP contribution in [0.15, 0.2) is 28.9 Å². The van der Waals surface area contributed by atoms with Crippen molar-refractivity contribution in [3.8, 4) is 11.6 Å². The Labute approximate surface area is 222 Å². The van der Waals surface area contributed by atoms with Gasteiger partial charge in [0.1, 0.15) is 17.4 Å². The summed E-state index contributed by atoms with van der Waals surface area (Å²) in [4.78, 5) is 21.4. The molecule has 1 unspecified atom stereocenters. The highest BCUT2D eigenvalue weighted by Gasteiger charge is 2.30. The SMILES string of the molecule is O=C(C1CCCO1)N1CCN(Cc2cc(Cl)cnc2Oc2ccc3c(nnn3CC3CC3)c2Br)CC1. The van der Waals surface area contributed by atoms with E-state index < -0.39 is 0 Å². The van der Waals surface area contributed by atoms with E-state index in [0.29, 0.717) is 48.8 Å². The second-order valence-electron chi connectivity index (χ2n) is 9.78. The lowest BCUT2D eigenvalue weighted by Gasteiger charge is -2.35. The third-order valence-electron chi connectivity index (χ3n) is 7.10. The number of hydrogen-bond acceptors (Lipinski definition) is 7. The Bertz CT molecular complexity index is 1270. The molecule has 0 N–H and O–H groups in total.